The number of halogens is 1. The molecule has 1 saturated carbocycles. The fourth-order valence-electron chi connectivity index (χ4n) is 3.48. The average molecular weight is 432 g/mol. The van der Waals surface area contributed by atoms with Crippen LogP contribution in [-0.4, -0.2) is 26.9 Å². The van der Waals surface area contributed by atoms with Crippen LogP contribution in [0.1, 0.15) is 42.5 Å². The summed E-state index contributed by atoms with van der Waals surface area (Å²) in [6.45, 7) is 0. The molecule has 0 aromatic heterocycles. The fraction of sp³-hybridized carbons (Fsp3) is 0.333. The summed E-state index contributed by atoms with van der Waals surface area (Å²) in [5.74, 6) is -0.544. The van der Waals surface area contributed by atoms with E-state index in [1.165, 1.54) is 25.2 Å². The van der Waals surface area contributed by atoms with E-state index in [9.17, 15) is 18.5 Å². The van der Waals surface area contributed by atoms with Gasteiger partial charge in [-0.1, -0.05) is 49.1 Å². The van der Waals surface area contributed by atoms with E-state index in [1.54, 1.807) is 30.3 Å². The van der Waals surface area contributed by atoms with E-state index >= 15 is 0 Å². The van der Waals surface area contributed by atoms with Gasteiger partial charge in [-0.15, -0.1) is 0 Å². The molecule has 0 unspecified atom stereocenters. The van der Waals surface area contributed by atoms with Crippen LogP contribution in [0.25, 0.3) is 0 Å². The van der Waals surface area contributed by atoms with Crippen molar-refractivity contribution < 1.29 is 13.2 Å². The molecule has 2 aromatic carbocycles. The molecular weight excluding hydrogens is 410 g/mol. The highest BCUT2D eigenvalue weighted by Gasteiger charge is 2.34. The standard InChI is InChI=1S/C21H22ClN3O3S/c1-25(16-8-4-2-5-9-16)29(27,28)17-10-11-19(22)18(14-17)20(26)24-21(15-23)12-6-3-7-13-21/h2,4-5,8-11,14H,3,6-7,12-13H2,1H3,(H,24,26). The number of hydrogen-bond donors (Lipinski definition) is 1. The van der Waals surface area contributed by atoms with Gasteiger partial charge in [0.2, 0.25) is 0 Å². The first kappa shape index (κ1) is 21.2. The highest BCUT2D eigenvalue weighted by molar-refractivity contribution is 7.92. The van der Waals surface area contributed by atoms with Crippen LogP contribution in [0.2, 0.25) is 5.02 Å². The van der Waals surface area contributed by atoms with E-state index in [-0.39, 0.29) is 15.5 Å². The zero-order chi connectivity index (χ0) is 21.1. The summed E-state index contributed by atoms with van der Waals surface area (Å²) in [4.78, 5) is 12.8. The number of carbonyl (C=O) groups excluding carboxylic acids is 1. The Hall–Kier alpha value is -2.56. The monoisotopic (exact) mass is 431 g/mol. The molecule has 8 heteroatoms. The Balaban J connectivity index is 1.92. The Morgan fingerprint density at radius 3 is 2.41 bits per heavy atom. The van der Waals surface area contributed by atoms with Gasteiger partial charge in [0, 0.05) is 7.05 Å². The smallest absolute Gasteiger partial charge is 0.264 e. The topological polar surface area (TPSA) is 90.3 Å². The highest BCUT2D eigenvalue weighted by atomic mass is 35.5. The van der Waals surface area contributed by atoms with Gasteiger partial charge in [-0.25, -0.2) is 8.42 Å². The van der Waals surface area contributed by atoms with Crippen molar-refractivity contribution in [2.45, 2.75) is 42.5 Å². The van der Waals surface area contributed by atoms with Gasteiger partial charge in [-0.05, 0) is 43.2 Å². The molecule has 0 spiro atoms. The lowest BCUT2D eigenvalue weighted by Gasteiger charge is -2.31. The minimum Gasteiger partial charge on any atom is -0.334 e. The lowest BCUT2D eigenvalue weighted by Crippen LogP contribution is -2.48. The van der Waals surface area contributed by atoms with E-state index in [0.29, 0.717) is 18.5 Å². The summed E-state index contributed by atoms with van der Waals surface area (Å²) in [6, 6.07) is 14.9. The van der Waals surface area contributed by atoms with Gasteiger partial charge >= 0.3 is 0 Å². The molecule has 0 saturated heterocycles. The number of hydrogen-bond acceptors (Lipinski definition) is 4. The molecule has 0 heterocycles. The minimum atomic E-state index is -3.89. The molecule has 0 atom stereocenters. The van der Waals surface area contributed by atoms with Crippen LogP contribution in [0.15, 0.2) is 53.4 Å². The molecule has 152 valence electrons. The number of sulfonamides is 1. The third kappa shape index (κ3) is 4.39. The van der Waals surface area contributed by atoms with Crippen molar-refractivity contribution in [3.05, 3.63) is 59.1 Å². The number of nitrogens with zero attached hydrogens (tertiary/aromatic N) is 2. The molecule has 0 aliphatic heterocycles. The lowest BCUT2D eigenvalue weighted by atomic mass is 9.82. The number of amides is 1. The molecule has 0 radical (unpaired) electrons. The first-order valence-electron chi connectivity index (χ1n) is 9.36. The number of carbonyl (C=O) groups is 1. The molecule has 2 aromatic rings. The van der Waals surface area contributed by atoms with E-state index in [2.05, 4.69) is 11.4 Å². The van der Waals surface area contributed by atoms with Crippen molar-refractivity contribution in [2.24, 2.45) is 0 Å². The van der Waals surface area contributed by atoms with Crippen LogP contribution >= 0.6 is 11.6 Å². The van der Waals surface area contributed by atoms with Gasteiger partial charge in [0.1, 0.15) is 5.54 Å². The number of nitrogens with one attached hydrogen (secondary N) is 1. The van der Waals surface area contributed by atoms with E-state index in [4.69, 9.17) is 11.6 Å². The second kappa shape index (κ2) is 8.44. The Morgan fingerprint density at radius 1 is 1.14 bits per heavy atom. The molecule has 1 aliphatic carbocycles. The SMILES string of the molecule is CN(c1ccccc1)S(=O)(=O)c1ccc(Cl)c(C(=O)NC2(C#N)CCCCC2)c1. The predicted octanol–water partition coefficient (Wildman–Crippen LogP) is 4.12. The number of rotatable bonds is 5. The minimum absolute atomic E-state index is 0.0365. The van der Waals surface area contributed by atoms with Crippen LogP contribution in [0.3, 0.4) is 0 Å². The van der Waals surface area contributed by atoms with Crippen molar-refractivity contribution in [3.63, 3.8) is 0 Å². The largest absolute Gasteiger partial charge is 0.334 e. The maximum Gasteiger partial charge on any atom is 0.264 e. The zero-order valence-electron chi connectivity index (χ0n) is 16.1. The molecule has 1 N–H and O–H groups in total. The number of benzene rings is 2. The predicted molar refractivity (Wildman–Crippen MR) is 112 cm³/mol. The van der Waals surface area contributed by atoms with Crippen LogP contribution in [-0.2, 0) is 10.0 Å². The van der Waals surface area contributed by atoms with Crippen LogP contribution in [0.4, 0.5) is 5.69 Å². The van der Waals surface area contributed by atoms with Gasteiger partial charge in [0.15, 0.2) is 0 Å². The van der Waals surface area contributed by atoms with Gasteiger partial charge in [-0.3, -0.25) is 9.10 Å². The second-order valence-corrected chi connectivity index (χ2v) is 9.53. The summed E-state index contributed by atoms with van der Waals surface area (Å²) < 4.78 is 27.2. The molecule has 0 bridgehead atoms. The highest BCUT2D eigenvalue weighted by Crippen LogP contribution is 2.30. The third-order valence-electron chi connectivity index (χ3n) is 5.23. The lowest BCUT2D eigenvalue weighted by molar-refractivity contribution is 0.0902. The molecule has 29 heavy (non-hydrogen) atoms. The first-order valence-corrected chi connectivity index (χ1v) is 11.2. The van der Waals surface area contributed by atoms with Gasteiger partial charge in [0.25, 0.3) is 15.9 Å². The van der Waals surface area contributed by atoms with Crippen molar-refractivity contribution in [2.75, 3.05) is 11.4 Å². The Labute approximate surface area is 176 Å². The van der Waals surface area contributed by atoms with E-state index in [0.717, 1.165) is 23.6 Å². The number of anilines is 1. The average Bonchev–Trinajstić information content (AvgIpc) is 2.74. The second-order valence-electron chi connectivity index (χ2n) is 7.16. The van der Waals surface area contributed by atoms with Crippen LogP contribution in [0, 0.1) is 11.3 Å². The zero-order valence-corrected chi connectivity index (χ0v) is 17.6. The van der Waals surface area contributed by atoms with Gasteiger partial charge in [-0.2, -0.15) is 5.26 Å². The summed E-state index contributed by atoms with van der Waals surface area (Å²) >= 11 is 6.19. The van der Waals surface area contributed by atoms with E-state index in [1.807, 2.05) is 0 Å². The summed E-state index contributed by atoms with van der Waals surface area (Å²) in [5, 5.41) is 12.5. The van der Waals surface area contributed by atoms with Crippen molar-refractivity contribution >= 4 is 33.2 Å². The summed E-state index contributed by atoms with van der Waals surface area (Å²) in [5.41, 5.74) is -0.400. The van der Waals surface area contributed by atoms with Crippen LogP contribution in [0.5, 0.6) is 0 Å². The Morgan fingerprint density at radius 2 is 1.79 bits per heavy atom. The van der Waals surface area contributed by atoms with Crippen LogP contribution < -0.4 is 9.62 Å². The van der Waals surface area contributed by atoms with Crippen molar-refractivity contribution in [1.29, 1.82) is 5.26 Å². The molecule has 3 rings (SSSR count). The van der Waals surface area contributed by atoms with E-state index < -0.39 is 21.5 Å². The Kier molecular flexibility index (Phi) is 6.15. The Bertz CT molecular complexity index is 1040. The first-order chi connectivity index (χ1) is 13.8. The molecule has 6 nitrogen and oxygen atoms in total. The fourth-order valence-corrected chi connectivity index (χ4v) is 4.90. The summed E-state index contributed by atoms with van der Waals surface area (Å²) in [6.07, 6.45) is 3.89. The van der Waals surface area contributed by atoms with Crippen molar-refractivity contribution in [3.8, 4) is 6.07 Å². The van der Waals surface area contributed by atoms with Crippen molar-refractivity contribution in [1.82, 2.24) is 5.32 Å². The van der Waals surface area contributed by atoms with Gasteiger partial charge in [0.05, 0.1) is 27.2 Å². The number of nitriles is 1. The maximum atomic E-state index is 13.0. The molecule has 1 aliphatic rings. The quantitative estimate of drug-likeness (QED) is 0.770. The van der Waals surface area contributed by atoms with Gasteiger partial charge < -0.3 is 5.32 Å². The summed E-state index contributed by atoms with van der Waals surface area (Å²) in [7, 11) is -2.44. The normalized spacial score (nSPS) is 15.9. The number of para-hydroxylation sites is 1. The molecule has 1 fully saturated rings. The molecular formula is C21H22ClN3O3S. The molecule has 1 amide bonds. The maximum absolute atomic E-state index is 13.0. The third-order valence-corrected chi connectivity index (χ3v) is 7.35.